The monoisotopic (exact) mass is 288 g/mol. The summed E-state index contributed by atoms with van der Waals surface area (Å²) in [5, 5.41) is 0.854. The van der Waals surface area contributed by atoms with Crippen LogP contribution in [0.2, 0.25) is 0 Å². The van der Waals surface area contributed by atoms with Gasteiger partial charge in [0.15, 0.2) is 0 Å². The molecule has 15 heavy (non-hydrogen) atoms. The van der Waals surface area contributed by atoms with Crippen molar-refractivity contribution in [3.8, 4) is 0 Å². The summed E-state index contributed by atoms with van der Waals surface area (Å²) in [6.07, 6.45) is 3.98. The van der Waals surface area contributed by atoms with Gasteiger partial charge in [0, 0.05) is 35.9 Å². The Bertz CT molecular complexity index is 306. The summed E-state index contributed by atoms with van der Waals surface area (Å²) in [5.74, 6) is 2.20. The zero-order valence-electron chi connectivity index (χ0n) is 9.40. The molecule has 4 heteroatoms. The first-order chi connectivity index (χ1) is 7.20. The molecule has 0 aliphatic carbocycles. The summed E-state index contributed by atoms with van der Waals surface area (Å²) in [4.78, 5) is 6.68. The predicted molar refractivity (Wildman–Crippen MR) is 73.1 cm³/mol. The fourth-order valence-electron chi connectivity index (χ4n) is 1.41. The van der Waals surface area contributed by atoms with Crippen LogP contribution in [0.4, 0.5) is 5.82 Å². The van der Waals surface area contributed by atoms with E-state index in [1.54, 1.807) is 0 Å². The van der Waals surface area contributed by atoms with E-state index in [9.17, 15) is 0 Å². The molecule has 2 nitrogen and oxygen atoms in total. The number of anilines is 1. The van der Waals surface area contributed by atoms with Crippen molar-refractivity contribution in [3.63, 3.8) is 0 Å². The van der Waals surface area contributed by atoms with Crippen LogP contribution in [-0.2, 0) is 5.33 Å². The molecule has 0 saturated heterocycles. The van der Waals surface area contributed by atoms with Gasteiger partial charge >= 0.3 is 0 Å². The predicted octanol–water partition coefficient (Wildman–Crippen LogP) is 3.16. The second-order valence-corrected chi connectivity index (χ2v) is 5.01. The van der Waals surface area contributed by atoms with Crippen molar-refractivity contribution in [1.82, 2.24) is 4.98 Å². The highest BCUT2D eigenvalue weighted by Crippen LogP contribution is 2.21. The van der Waals surface area contributed by atoms with E-state index < -0.39 is 0 Å². The molecule has 0 spiro atoms. The van der Waals surface area contributed by atoms with Crippen LogP contribution in [0, 0.1) is 0 Å². The van der Waals surface area contributed by atoms with Crippen molar-refractivity contribution in [2.45, 2.75) is 18.3 Å². The molecule has 0 fully saturated rings. The number of thioether (sulfide) groups is 1. The van der Waals surface area contributed by atoms with Crippen molar-refractivity contribution in [2.24, 2.45) is 0 Å². The average molecular weight is 289 g/mol. The molecule has 0 N–H and O–H groups in total. The minimum Gasteiger partial charge on any atom is -0.356 e. The van der Waals surface area contributed by atoms with E-state index >= 15 is 0 Å². The summed E-state index contributed by atoms with van der Waals surface area (Å²) in [6.45, 7) is 2.23. The molecule has 0 amide bonds. The topological polar surface area (TPSA) is 16.1 Å². The van der Waals surface area contributed by atoms with Gasteiger partial charge in [-0.15, -0.1) is 0 Å². The van der Waals surface area contributed by atoms with E-state index in [-0.39, 0.29) is 0 Å². The van der Waals surface area contributed by atoms with Crippen LogP contribution in [0.25, 0.3) is 0 Å². The van der Waals surface area contributed by atoms with Gasteiger partial charge in [-0.25, -0.2) is 4.98 Å². The van der Waals surface area contributed by atoms with E-state index in [2.05, 4.69) is 52.1 Å². The first-order valence-electron chi connectivity index (χ1n) is 4.92. The Morgan fingerprint density at radius 3 is 2.93 bits per heavy atom. The van der Waals surface area contributed by atoms with E-state index in [1.165, 1.54) is 5.56 Å². The van der Waals surface area contributed by atoms with Crippen LogP contribution < -0.4 is 4.90 Å². The Balaban J connectivity index is 2.84. The molecule has 1 rings (SSSR count). The van der Waals surface area contributed by atoms with Gasteiger partial charge in [-0.1, -0.05) is 22.0 Å². The van der Waals surface area contributed by atoms with Crippen LogP contribution in [0.1, 0.15) is 12.5 Å². The number of rotatable bonds is 5. The maximum atomic E-state index is 4.44. The molecule has 1 unspecified atom stereocenters. The van der Waals surface area contributed by atoms with Crippen LogP contribution in [0.15, 0.2) is 18.3 Å². The summed E-state index contributed by atoms with van der Waals surface area (Å²) < 4.78 is 0. The van der Waals surface area contributed by atoms with Crippen molar-refractivity contribution < 1.29 is 0 Å². The molecule has 0 saturated carbocycles. The van der Waals surface area contributed by atoms with Crippen LogP contribution >= 0.6 is 27.7 Å². The molecule has 1 heterocycles. The zero-order chi connectivity index (χ0) is 11.3. The first kappa shape index (κ1) is 12.8. The van der Waals surface area contributed by atoms with Gasteiger partial charge in [-0.3, -0.25) is 0 Å². The minimum atomic E-state index is 0.507. The largest absolute Gasteiger partial charge is 0.356 e. The first-order valence-corrected chi connectivity index (χ1v) is 7.43. The lowest BCUT2D eigenvalue weighted by Gasteiger charge is -2.26. The number of hydrogen-bond donors (Lipinski definition) is 0. The number of halogens is 1. The van der Waals surface area contributed by atoms with Gasteiger partial charge < -0.3 is 4.90 Å². The van der Waals surface area contributed by atoms with Gasteiger partial charge in [0.25, 0.3) is 0 Å². The van der Waals surface area contributed by atoms with Crippen molar-refractivity contribution in [3.05, 3.63) is 23.9 Å². The molecule has 1 aromatic rings. The molecule has 1 aromatic heterocycles. The summed E-state index contributed by atoms with van der Waals surface area (Å²) in [6, 6.07) is 4.60. The standard InChI is InChI=1S/C11H17BrN2S/c1-9(8-15-3)14(2)11-10(7-12)5-4-6-13-11/h4-6,9H,7-8H2,1-3H3. The highest BCUT2D eigenvalue weighted by atomic mass is 79.9. The lowest BCUT2D eigenvalue weighted by Crippen LogP contribution is -2.32. The highest BCUT2D eigenvalue weighted by Gasteiger charge is 2.13. The molecule has 0 radical (unpaired) electrons. The maximum Gasteiger partial charge on any atom is 0.132 e. The van der Waals surface area contributed by atoms with Crippen LogP contribution in [0.3, 0.4) is 0 Å². The van der Waals surface area contributed by atoms with Gasteiger partial charge in [0.2, 0.25) is 0 Å². The van der Waals surface area contributed by atoms with Crippen molar-refractivity contribution in [1.29, 1.82) is 0 Å². The summed E-state index contributed by atoms with van der Waals surface area (Å²) in [7, 11) is 2.11. The second kappa shape index (κ2) is 6.38. The minimum absolute atomic E-state index is 0.507. The van der Waals surface area contributed by atoms with Crippen LogP contribution in [-0.4, -0.2) is 30.1 Å². The zero-order valence-corrected chi connectivity index (χ0v) is 11.8. The van der Waals surface area contributed by atoms with E-state index in [0.717, 1.165) is 16.9 Å². The van der Waals surface area contributed by atoms with Crippen molar-refractivity contribution in [2.75, 3.05) is 24.0 Å². The average Bonchev–Trinajstić information content (AvgIpc) is 2.28. The van der Waals surface area contributed by atoms with Gasteiger partial charge in [0.05, 0.1) is 0 Å². The van der Waals surface area contributed by atoms with E-state index in [4.69, 9.17) is 0 Å². The third-order valence-corrected chi connectivity index (χ3v) is 3.83. The highest BCUT2D eigenvalue weighted by molar-refractivity contribution is 9.08. The molecular weight excluding hydrogens is 272 g/mol. The van der Waals surface area contributed by atoms with Gasteiger partial charge in [0.1, 0.15) is 5.82 Å². The molecular formula is C11H17BrN2S. The number of hydrogen-bond acceptors (Lipinski definition) is 3. The normalized spacial score (nSPS) is 12.5. The summed E-state index contributed by atoms with van der Waals surface area (Å²) >= 11 is 5.36. The Morgan fingerprint density at radius 2 is 2.33 bits per heavy atom. The smallest absolute Gasteiger partial charge is 0.132 e. The van der Waals surface area contributed by atoms with Gasteiger partial charge in [-0.2, -0.15) is 11.8 Å². The molecule has 84 valence electrons. The fourth-order valence-corrected chi connectivity index (χ4v) is 2.56. The second-order valence-electron chi connectivity index (χ2n) is 3.54. The number of pyridine rings is 1. The van der Waals surface area contributed by atoms with Crippen LogP contribution in [0.5, 0.6) is 0 Å². The quantitative estimate of drug-likeness (QED) is 0.775. The third kappa shape index (κ3) is 3.38. The Hall–Kier alpha value is -0.220. The number of alkyl halides is 1. The number of nitrogens with zero attached hydrogens (tertiary/aromatic N) is 2. The van der Waals surface area contributed by atoms with Gasteiger partial charge in [-0.05, 0) is 19.2 Å². The Kier molecular flexibility index (Phi) is 5.47. The molecule has 0 aliphatic heterocycles. The lowest BCUT2D eigenvalue weighted by molar-refractivity contribution is 0.750. The molecule has 0 aromatic carbocycles. The lowest BCUT2D eigenvalue weighted by atomic mass is 10.2. The number of aromatic nitrogens is 1. The molecule has 1 atom stereocenters. The SMILES string of the molecule is CSCC(C)N(C)c1ncccc1CBr. The Labute approximate surface area is 105 Å². The fraction of sp³-hybridized carbons (Fsp3) is 0.545. The van der Waals surface area contributed by atoms with Crippen molar-refractivity contribution >= 4 is 33.5 Å². The van der Waals surface area contributed by atoms with E-state index in [0.29, 0.717) is 6.04 Å². The van der Waals surface area contributed by atoms with E-state index in [1.807, 2.05) is 24.0 Å². The maximum absolute atomic E-state index is 4.44. The summed E-state index contributed by atoms with van der Waals surface area (Å²) in [5.41, 5.74) is 1.24. The molecule has 0 bridgehead atoms. The third-order valence-electron chi connectivity index (χ3n) is 2.41. The Morgan fingerprint density at radius 1 is 1.60 bits per heavy atom. The molecule has 0 aliphatic rings.